The van der Waals surface area contributed by atoms with Crippen molar-refractivity contribution in [3.63, 3.8) is 0 Å². The molecule has 4 rings (SSSR count). The summed E-state index contributed by atoms with van der Waals surface area (Å²) in [6.07, 6.45) is 5.49. The Morgan fingerprint density at radius 2 is 2.00 bits per heavy atom. The third kappa shape index (κ3) is 4.04. The van der Waals surface area contributed by atoms with Gasteiger partial charge in [-0.25, -0.2) is 0 Å². The number of nitrogens with one attached hydrogen (secondary N) is 1. The average Bonchev–Trinajstić information content (AvgIpc) is 3.15. The van der Waals surface area contributed by atoms with E-state index in [-0.39, 0.29) is 17.6 Å². The van der Waals surface area contributed by atoms with Gasteiger partial charge in [-0.1, -0.05) is 18.6 Å². The van der Waals surface area contributed by atoms with E-state index in [9.17, 15) is 14.9 Å². The van der Waals surface area contributed by atoms with E-state index in [1.165, 1.54) is 36.3 Å². The van der Waals surface area contributed by atoms with Crippen molar-refractivity contribution in [2.75, 3.05) is 0 Å². The molecule has 6 nitrogen and oxygen atoms in total. The normalized spacial score (nSPS) is 25.1. The molecule has 1 aromatic heterocycles. The number of nitro benzene ring substituents is 1. The number of hydrogen-bond acceptors (Lipinski definition) is 5. The Morgan fingerprint density at radius 1 is 1.22 bits per heavy atom. The lowest BCUT2D eigenvalue weighted by Gasteiger charge is -2.49. The highest BCUT2D eigenvalue weighted by Gasteiger charge is 2.38. The number of nitro groups is 1. The quantitative estimate of drug-likeness (QED) is 0.624. The van der Waals surface area contributed by atoms with E-state index in [2.05, 4.69) is 27.7 Å². The monoisotopic (exact) mass is 385 g/mol. The second-order valence-corrected chi connectivity index (χ2v) is 8.47. The number of carbonyl (C=O) groups excluding carboxylic acids is 1. The smallest absolute Gasteiger partial charge is 0.270 e. The standard InChI is InChI=1S/C20H23N3O3S/c24-20(14-4-1-7-18(10-14)23(25)26)21-15-11-16-5-2-6-17(12-15)22(16)13-19-8-3-9-27-19/h1,3-4,7-10,15-17H,2,5-6,11-13H2,(H,21,24). The van der Waals surface area contributed by atoms with Gasteiger partial charge in [0.25, 0.3) is 11.6 Å². The van der Waals surface area contributed by atoms with Crippen molar-refractivity contribution >= 4 is 22.9 Å². The Bertz CT molecular complexity index is 810. The molecule has 1 N–H and O–H groups in total. The summed E-state index contributed by atoms with van der Waals surface area (Å²) >= 11 is 1.80. The lowest BCUT2D eigenvalue weighted by Crippen LogP contribution is -2.56. The largest absolute Gasteiger partial charge is 0.349 e. The summed E-state index contributed by atoms with van der Waals surface area (Å²) in [5, 5.41) is 16.2. The van der Waals surface area contributed by atoms with Crippen molar-refractivity contribution in [2.45, 2.75) is 56.8 Å². The van der Waals surface area contributed by atoms with Crippen molar-refractivity contribution in [3.8, 4) is 0 Å². The van der Waals surface area contributed by atoms with E-state index in [0.717, 1.165) is 19.4 Å². The molecule has 7 heteroatoms. The number of rotatable bonds is 5. The van der Waals surface area contributed by atoms with Crippen LogP contribution in [0.4, 0.5) is 5.69 Å². The maximum absolute atomic E-state index is 12.6. The predicted octanol–water partition coefficient (Wildman–Crippen LogP) is 3.97. The molecule has 2 fully saturated rings. The van der Waals surface area contributed by atoms with Gasteiger partial charge in [-0.3, -0.25) is 19.8 Å². The van der Waals surface area contributed by atoms with Gasteiger partial charge >= 0.3 is 0 Å². The predicted molar refractivity (Wildman–Crippen MR) is 105 cm³/mol. The van der Waals surface area contributed by atoms with Crippen LogP contribution in [-0.4, -0.2) is 33.9 Å². The Morgan fingerprint density at radius 3 is 2.67 bits per heavy atom. The molecule has 1 amide bonds. The first-order valence-electron chi connectivity index (χ1n) is 9.43. The van der Waals surface area contributed by atoms with E-state index >= 15 is 0 Å². The number of hydrogen-bond donors (Lipinski definition) is 1. The zero-order valence-electron chi connectivity index (χ0n) is 15.0. The summed E-state index contributed by atoms with van der Waals surface area (Å²) in [5.74, 6) is -0.214. The molecule has 1 aromatic carbocycles. The number of fused-ring (bicyclic) bond motifs is 2. The van der Waals surface area contributed by atoms with E-state index < -0.39 is 4.92 Å². The number of thiophene rings is 1. The van der Waals surface area contributed by atoms with Crippen LogP contribution in [0.15, 0.2) is 41.8 Å². The van der Waals surface area contributed by atoms with E-state index in [1.54, 1.807) is 23.5 Å². The first kappa shape index (κ1) is 18.1. The van der Waals surface area contributed by atoms with E-state index in [4.69, 9.17) is 0 Å². The summed E-state index contributed by atoms with van der Waals surface area (Å²) < 4.78 is 0. The summed E-state index contributed by atoms with van der Waals surface area (Å²) in [7, 11) is 0. The van der Waals surface area contributed by atoms with Crippen molar-refractivity contribution in [3.05, 3.63) is 62.3 Å². The maximum atomic E-state index is 12.6. The second kappa shape index (κ2) is 7.78. The molecule has 2 saturated heterocycles. The Kier molecular flexibility index (Phi) is 5.22. The molecule has 0 radical (unpaired) electrons. The van der Waals surface area contributed by atoms with Crippen LogP contribution in [-0.2, 0) is 6.54 Å². The maximum Gasteiger partial charge on any atom is 0.270 e. The molecule has 3 heterocycles. The fourth-order valence-corrected chi connectivity index (χ4v) is 5.18. The third-order valence-electron chi connectivity index (χ3n) is 5.70. The lowest BCUT2D eigenvalue weighted by molar-refractivity contribution is -0.384. The first-order valence-corrected chi connectivity index (χ1v) is 10.3. The molecule has 2 bridgehead atoms. The molecule has 0 saturated carbocycles. The third-order valence-corrected chi connectivity index (χ3v) is 6.56. The fourth-order valence-electron chi connectivity index (χ4n) is 4.47. The molecular weight excluding hydrogens is 362 g/mol. The van der Waals surface area contributed by atoms with Crippen molar-refractivity contribution < 1.29 is 9.72 Å². The van der Waals surface area contributed by atoms with Crippen molar-refractivity contribution in [2.24, 2.45) is 0 Å². The van der Waals surface area contributed by atoms with E-state index in [1.807, 2.05) is 0 Å². The summed E-state index contributed by atoms with van der Waals surface area (Å²) in [6, 6.07) is 11.4. The molecular formula is C20H23N3O3S. The average molecular weight is 385 g/mol. The topological polar surface area (TPSA) is 75.5 Å². The van der Waals surface area contributed by atoms with Crippen LogP contribution in [0.2, 0.25) is 0 Å². The minimum absolute atomic E-state index is 0.0507. The minimum Gasteiger partial charge on any atom is -0.349 e. The van der Waals surface area contributed by atoms with Crippen LogP contribution in [0.1, 0.15) is 47.3 Å². The van der Waals surface area contributed by atoms with Gasteiger partial charge in [0.15, 0.2) is 0 Å². The van der Waals surface area contributed by atoms with E-state index in [0.29, 0.717) is 17.6 Å². The number of nitrogens with zero attached hydrogens (tertiary/aromatic N) is 2. The Balaban J connectivity index is 1.42. The van der Waals surface area contributed by atoms with Gasteiger partial charge in [-0.05, 0) is 43.2 Å². The summed E-state index contributed by atoms with van der Waals surface area (Å²) in [4.78, 5) is 27.1. The summed E-state index contributed by atoms with van der Waals surface area (Å²) in [6.45, 7) is 0.999. The number of benzene rings is 1. The molecule has 0 spiro atoms. The highest BCUT2D eigenvalue weighted by Crippen LogP contribution is 2.35. The van der Waals surface area contributed by atoms with Gasteiger partial charge in [-0.15, -0.1) is 11.3 Å². The van der Waals surface area contributed by atoms with Gasteiger partial charge < -0.3 is 5.32 Å². The van der Waals surface area contributed by atoms with Crippen LogP contribution >= 0.6 is 11.3 Å². The zero-order valence-corrected chi connectivity index (χ0v) is 15.9. The lowest BCUT2D eigenvalue weighted by atomic mass is 9.81. The van der Waals surface area contributed by atoms with Crippen molar-refractivity contribution in [1.82, 2.24) is 10.2 Å². The highest BCUT2D eigenvalue weighted by atomic mass is 32.1. The molecule has 2 aliphatic rings. The van der Waals surface area contributed by atoms with Crippen molar-refractivity contribution in [1.29, 1.82) is 0 Å². The fraction of sp³-hybridized carbons (Fsp3) is 0.450. The number of non-ortho nitro benzene ring substituents is 1. The number of carbonyl (C=O) groups is 1. The first-order chi connectivity index (χ1) is 13.1. The molecule has 2 atom stereocenters. The van der Waals surface area contributed by atoms with Crippen LogP contribution in [0, 0.1) is 10.1 Å². The van der Waals surface area contributed by atoms with Crippen LogP contribution in [0.3, 0.4) is 0 Å². The SMILES string of the molecule is O=C(NC1CC2CCCC(C1)N2Cc1cccs1)c1cccc([N+](=O)[O-])c1. The number of amides is 1. The van der Waals surface area contributed by atoms with Gasteiger partial charge in [0.05, 0.1) is 4.92 Å². The Labute approximate surface area is 162 Å². The zero-order chi connectivity index (χ0) is 18.8. The number of piperidine rings is 2. The van der Waals surface area contributed by atoms with Crippen LogP contribution in [0.5, 0.6) is 0 Å². The van der Waals surface area contributed by atoms with Gasteiger partial charge in [0.2, 0.25) is 0 Å². The minimum atomic E-state index is -0.468. The molecule has 2 unspecified atom stereocenters. The molecule has 0 aliphatic carbocycles. The van der Waals surface area contributed by atoms with Crippen LogP contribution in [0.25, 0.3) is 0 Å². The highest BCUT2D eigenvalue weighted by molar-refractivity contribution is 7.09. The van der Waals surface area contributed by atoms with Gasteiger partial charge in [-0.2, -0.15) is 0 Å². The second-order valence-electron chi connectivity index (χ2n) is 7.44. The van der Waals surface area contributed by atoms with Crippen LogP contribution < -0.4 is 5.32 Å². The molecule has 2 aliphatic heterocycles. The molecule has 2 aromatic rings. The van der Waals surface area contributed by atoms with Gasteiger partial charge in [0, 0.05) is 47.2 Å². The summed E-state index contributed by atoms with van der Waals surface area (Å²) in [5.41, 5.74) is 0.306. The molecule has 27 heavy (non-hydrogen) atoms. The molecule has 142 valence electrons. The Hall–Kier alpha value is -2.25. The van der Waals surface area contributed by atoms with Gasteiger partial charge in [0.1, 0.15) is 0 Å².